The number of aliphatic hydroxyl groups is 1. The fourth-order valence-corrected chi connectivity index (χ4v) is 8.06. The highest BCUT2D eigenvalue weighted by molar-refractivity contribution is 6.53. The summed E-state index contributed by atoms with van der Waals surface area (Å²) in [6, 6.07) is 0. The van der Waals surface area contributed by atoms with Crippen molar-refractivity contribution in [1.29, 1.82) is 0 Å². The Morgan fingerprint density at radius 3 is 2.50 bits per heavy atom. The minimum Gasteiger partial charge on any atom is -0.478 e. The summed E-state index contributed by atoms with van der Waals surface area (Å²) in [6.07, 6.45) is 5.44. The van der Waals surface area contributed by atoms with E-state index in [0.29, 0.717) is 19.3 Å². The second kappa shape index (κ2) is 7.46. The van der Waals surface area contributed by atoms with Gasteiger partial charge in [-0.25, -0.2) is 9.59 Å². The van der Waals surface area contributed by atoms with Crippen molar-refractivity contribution in [2.24, 2.45) is 28.6 Å². The number of hydrogen-bond donors (Lipinski definition) is 2. The Labute approximate surface area is 201 Å². The van der Waals surface area contributed by atoms with Gasteiger partial charge in [0.1, 0.15) is 0 Å². The van der Waals surface area contributed by atoms with E-state index in [1.54, 1.807) is 26.0 Å². The smallest absolute Gasteiger partial charge is 0.349 e. The molecule has 4 aliphatic rings. The van der Waals surface area contributed by atoms with Gasteiger partial charge in [0.05, 0.1) is 11.0 Å². The number of allylic oxidation sites excluding steroid dienone is 4. The first-order chi connectivity index (χ1) is 14.8. The number of aliphatic hydroxyl groups excluding tert-OH is 1. The number of alkyl halides is 3. The van der Waals surface area contributed by atoms with Crippen LogP contribution in [0.3, 0.4) is 0 Å². The van der Waals surface area contributed by atoms with Crippen LogP contribution in [0.4, 0.5) is 0 Å². The average molecular weight is 506 g/mol. The average Bonchev–Trinajstić information content (AvgIpc) is 2.91. The van der Waals surface area contributed by atoms with Crippen LogP contribution in [0.15, 0.2) is 23.8 Å². The number of carbonyl (C=O) groups is 3. The van der Waals surface area contributed by atoms with E-state index in [0.717, 1.165) is 5.57 Å². The zero-order valence-electron chi connectivity index (χ0n) is 18.1. The Morgan fingerprint density at radius 1 is 1.25 bits per heavy atom. The van der Waals surface area contributed by atoms with E-state index in [2.05, 4.69) is 0 Å². The summed E-state index contributed by atoms with van der Waals surface area (Å²) in [5.74, 6) is -3.45. The first kappa shape index (κ1) is 24.1. The summed E-state index contributed by atoms with van der Waals surface area (Å²) in [5, 5.41) is 21.9. The molecule has 3 fully saturated rings. The van der Waals surface area contributed by atoms with E-state index < -0.39 is 50.1 Å². The third kappa shape index (κ3) is 2.79. The van der Waals surface area contributed by atoms with Crippen molar-refractivity contribution in [2.45, 2.75) is 67.9 Å². The van der Waals surface area contributed by atoms with E-state index in [9.17, 15) is 24.6 Å². The number of hydrogen-bond acceptors (Lipinski definition) is 5. The summed E-state index contributed by atoms with van der Waals surface area (Å²) in [5.41, 5.74) is -2.86. The second-order valence-corrected chi connectivity index (χ2v) is 11.9. The number of ketones is 1. The lowest BCUT2D eigenvalue weighted by atomic mass is 9.46. The quantitative estimate of drug-likeness (QED) is 0.443. The molecule has 0 spiro atoms. The van der Waals surface area contributed by atoms with Crippen LogP contribution in [0.5, 0.6) is 0 Å². The summed E-state index contributed by atoms with van der Waals surface area (Å²) in [6.45, 7) is 5.43. The Kier molecular flexibility index (Phi) is 5.61. The summed E-state index contributed by atoms with van der Waals surface area (Å²) < 4.78 is 5.59. The number of fused-ring (bicyclic) bond motifs is 5. The molecule has 0 unspecified atom stereocenters. The molecule has 0 aromatic rings. The number of carboxylic acid groups (broad SMARTS) is 1. The minimum absolute atomic E-state index is 0.0154. The highest BCUT2D eigenvalue weighted by Gasteiger charge is 2.77. The molecule has 4 rings (SSSR count). The van der Waals surface area contributed by atoms with Gasteiger partial charge < -0.3 is 14.9 Å². The monoisotopic (exact) mass is 504 g/mol. The molecule has 176 valence electrons. The SMILES string of the molecule is C[C@@H]1C[C@H]2[C@@H]3CCC4=CC(=O)C=C[C@]4(C)[C@@]3(Cl)[C@@H](O)C[C@]2(C)[C@@]1(OC(=O)C(Cl)Cl)C(=O)O. The zero-order chi connectivity index (χ0) is 23.9. The molecule has 4 aliphatic carbocycles. The van der Waals surface area contributed by atoms with E-state index >= 15 is 0 Å². The van der Waals surface area contributed by atoms with Crippen molar-refractivity contribution in [3.05, 3.63) is 23.8 Å². The number of carboxylic acids is 1. The van der Waals surface area contributed by atoms with Gasteiger partial charge in [-0.05, 0) is 49.7 Å². The highest BCUT2D eigenvalue weighted by Crippen LogP contribution is 2.72. The molecule has 3 saturated carbocycles. The van der Waals surface area contributed by atoms with E-state index in [1.807, 2.05) is 6.92 Å². The Bertz CT molecular complexity index is 946. The topological polar surface area (TPSA) is 101 Å². The second-order valence-electron chi connectivity index (χ2n) is 10.2. The van der Waals surface area contributed by atoms with Crippen molar-refractivity contribution in [3.8, 4) is 0 Å². The first-order valence-corrected chi connectivity index (χ1v) is 12.1. The van der Waals surface area contributed by atoms with Crippen LogP contribution in [0, 0.1) is 28.6 Å². The fourth-order valence-electron chi connectivity index (χ4n) is 7.45. The molecule has 0 aromatic carbocycles. The van der Waals surface area contributed by atoms with Crippen molar-refractivity contribution in [3.63, 3.8) is 0 Å². The third-order valence-corrected chi connectivity index (χ3v) is 10.2. The van der Waals surface area contributed by atoms with Gasteiger partial charge in [-0.3, -0.25) is 4.79 Å². The minimum atomic E-state index is -1.90. The molecule has 2 N–H and O–H groups in total. The lowest BCUT2D eigenvalue weighted by molar-refractivity contribution is -0.211. The van der Waals surface area contributed by atoms with Gasteiger partial charge in [-0.2, -0.15) is 0 Å². The van der Waals surface area contributed by atoms with E-state index in [1.165, 1.54) is 6.08 Å². The maximum Gasteiger partial charge on any atom is 0.349 e. The van der Waals surface area contributed by atoms with Gasteiger partial charge in [0.2, 0.25) is 10.4 Å². The standard InChI is InChI=1S/C23H27Cl3O6/c1-11-8-15-14-5-4-12-9-13(27)6-7-20(12,2)22(14,26)16(28)10-21(15,3)23(11,19(30)31)32-18(29)17(24)25/h6-7,9,11,14-17,28H,4-5,8,10H2,1-3H3,(H,30,31)/t11-,14+,15+,16+,20+,21+,22+,23+/m1/s1. The molecule has 6 nitrogen and oxygen atoms in total. The molecule has 0 amide bonds. The number of halogens is 3. The van der Waals surface area contributed by atoms with Gasteiger partial charge in [0.15, 0.2) is 5.78 Å². The Hall–Kier alpha value is -1.08. The molecule has 0 bridgehead atoms. The third-order valence-electron chi connectivity index (χ3n) is 8.94. The lowest BCUT2D eigenvalue weighted by Gasteiger charge is -2.63. The molecular formula is C23H27Cl3O6. The Balaban J connectivity index is 1.84. The molecule has 0 saturated heterocycles. The lowest BCUT2D eigenvalue weighted by Crippen LogP contribution is -2.69. The molecular weight excluding hydrogens is 479 g/mol. The van der Waals surface area contributed by atoms with Gasteiger partial charge in [-0.15, -0.1) is 11.6 Å². The van der Waals surface area contributed by atoms with Gasteiger partial charge in [-0.1, -0.05) is 55.6 Å². The molecule has 8 atom stereocenters. The number of aliphatic carboxylic acids is 1. The van der Waals surface area contributed by atoms with Gasteiger partial charge >= 0.3 is 11.9 Å². The number of carbonyl (C=O) groups excluding carboxylic acids is 2. The molecule has 0 aliphatic heterocycles. The largest absolute Gasteiger partial charge is 0.478 e. The normalized spacial score (nSPS) is 47.4. The number of ether oxygens (including phenoxy) is 1. The van der Waals surface area contributed by atoms with Crippen LogP contribution in [0.1, 0.15) is 46.5 Å². The van der Waals surface area contributed by atoms with Crippen LogP contribution >= 0.6 is 34.8 Å². The molecule has 0 radical (unpaired) electrons. The van der Waals surface area contributed by atoms with Crippen LogP contribution in [0.2, 0.25) is 0 Å². The van der Waals surface area contributed by atoms with Crippen molar-refractivity contribution in [2.75, 3.05) is 0 Å². The summed E-state index contributed by atoms with van der Waals surface area (Å²) in [7, 11) is 0. The molecule has 32 heavy (non-hydrogen) atoms. The molecule has 9 heteroatoms. The van der Waals surface area contributed by atoms with Gasteiger partial charge in [0.25, 0.3) is 0 Å². The number of esters is 1. The van der Waals surface area contributed by atoms with Crippen LogP contribution in [0.25, 0.3) is 0 Å². The maximum absolute atomic E-state index is 12.7. The van der Waals surface area contributed by atoms with E-state index in [4.69, 9.17) is 39.5 Å². The summed E-state index contributed by atoms with van der Waals surface area (Å²) >= 11 is 18.7. The van der Waals surface area contributed by atoms with Crippen LogP contribution in [-0.2, 0) is 19.1 Å². The molecule has 0 heterocycles. The van der Waals surface area contributed by atoms with Crippen molar-refractivity contribution >= 4 is 52.5 Å². The zero-order valence-corrected chi connectivity index (χ0v) is 20.4. The Morgan fingerprint density at radius 2 is 1.91 bits per heavy atom. The number of rotatable bonds is 3. The van der Waals surface area contributed by atoms with Crippen molar-refractivity contribution in [1.82, 2.24) is 0 Å². The van der Waals surface area contributed by atoms with Gasteiger partial charge in [0, 0.05) is 16.7 Å². The van der Waals surface area contributed by atoms with E-state index in [-0.39, 0.29) is 24.0 Å². The predicted molar refractivity (Wildman–Crippen MR) is 120 cm³/mol. The molecule has 0 aromatic heterocycles. The fraction of sp³-hybridized carbons (Fsp3) is 0.696. The first-order valence-electron chi connectivity index (χ1n) is 10.8. The van der Waals surface area contributed by atoms with Crippen molar-refractivity contribution < 1.29 is 29.3 Å². The van der Waals surface area contributed by atoms with Crippen LogP contribution in [-0.4, -0.2) is 49.4 Å². The summed E-state index contributed by atoms with van der Waals surface area (Å²) in [4.78, 5) is 34.4. The van der Waals surface area contributed by atoms with Crippen LogP contribution < -0.4 is 0 Å². The predicted octanol–water partition coefficient (Wildman–Crippen LogP) is 4.04. The highest BCUT2D eigenvalue weighted by atomic mass is 35.5. The maximum atomic E-state index is 12.7.